The molecular weight excluding hydrogens is 737 g/mol. The van der Waals surface area contributed by atoms with E-state index in [1.54, 1.807) is 26.8 Å². The number of aliphatic hydroxyl groups is 1. The predicted octanol–water partition coefficient (Wildman–Crippen LogP) is 6.13. The summed E-state index contributed by atoms with van der Waals surface area (Å²) in [6.45, 7) is 18.1. The molecule has 0 aromatic heterocycles. The number of rotatable bonds is 1. The molecule has 5 heterocycles. The number of phenols is 2. The minimum Gasteiger partial charge on any atom is -0.507 e. The lowest BCUT2D eigenvalue weighted by molar-refractivity contribution is -0.156. The lowest BCUT2D eigenvalue weighted by atomic mass is 9.66. The van der Waals surface area contributed by atoms with Crippen LogP contribution in [0.1, 0.15) is 103 Å². The number of aromatic hydroxyl groups is 2. The topological polar surface area (TPSA) is 179 Å². The van der Waals surface area contributed by atoms with Crippen molar-refractivity contribution in [2.24, 2.45) is 51.4 Å². The summed E-state index contributed by atoms with van der Waals surface area (Å²) in [5, 5.41) is 43.0. The number of anilines is 1. The van der Waals surface area contributed by atoms with Crippen molar-refractivity contribution >= 4 is 34.1 Å². The number of piperidine rings is 1. The van der Waals surface area contributed by atoms with Crippen LogP contribution in [0.3, 0.4) is 0 Å². The molecule has 58 heavy (non-hydrogen) atoms. The summed E-state index contributed by atoms with van der Waals surface area (Å²) < 4.78 is 12.3. The van der Waals surface area contributed by atoms with Crippen molar-refractivity contribution in [1.82, 2.24) is 5.32 Å². The van der Waals surface area contributed by atoms with Crippen molar-refractivity contribution in [3.63, 3.8) is 0 Å². The molecule has 0 radical (unpaired) electrons. The minimum absolute atomic E-state index is 0.0155. The third-order valence-corrected chi connectivity index (χ3v) is 13.7. The number of hydrogen-bond donors (Lipinski definition) is 5. The number of allylic oxidation sites excluding steroid dienone is 4. The van der Waals surface area contributed by atoms with Gasteiger partial charge in [0.05, 0.1) is 22.4 Å². The highest BCUT2D eigenvalue weighted by molar-refractivity contribution is 6.20. The Balaban J connectivity index is 1.41. The summed E-state index contributed by atoms with van der Waals surface area (Å²) in [7, 11) is 0. The molecule has 11 atom stereocenters. The Labute approximate surface area is 340 Å². The van der Waals surface area contributed by atoms with Gasteiger partial charge >= 0.3 is 5.97 Å². The van der Waals surface area contributed by atoms with Crippen LogP contribution in [0.25, 0.3) is 10.8 Å². The van der Waals surface area contributed by atoms with E-state index in [1.165, 1.54) is 6.92 Å². The second kappa shape index (κ2) is 15.6. The van der Waals surface area contributed by atoms with Crippen LogP contribution >= 0.6 is 0 Å². The van der Waals surface area contributed by atoms with E-state index in [0.29, 0.717) is 36.2 Å². The summed E-state index contributed by atoms with van der Waals surface area (Å²) >= 11 is 0. The average Bonchev–Trinajstić information content (AvgIpc) is 3.70. The molecule has 6 aliphatic rings. The zero-order valence-corrected chi connectivity index (χ0v) is 35.3. The monoisotopic (exact) mass is 796 g/mol. The van der Waals surface area contributed by atoms with Gasteiger partial charge in [0.1, 0.15) is 28.6 Å². The maximum absolute atomic E-state index is 14.8. The Kier molecular flexibility index (Phi) is 11.2. The number of amides is 1. The number of phenolic OH excluding ortho intramolecular Hbond substituents is 2. The molecule has 5 N–H and O–H groups in total. The predicted molar refractivity (Wildman–Crippen MR) is 221 cm³/mol. The lowest BCUT2D eigenvalue weighted by Crippen LogP contribution is -2.54. The molecule has 2 aromatic rings. The molecule has 12 nitrogen and oxygen atoms in total. The minimum atomic E-state index is -1.36. The number of nitrogens with zero attached hydrogens (tertiary/aromatic N) is 2. The zero-order valence-electron chi connectivity index (χ0n) is 35.3. The zero-order chi connectivity index (χ0) is 42.0. The Bertz CT molecular complexity index is 2260. The molecule has 1 saturated carbocycles. The quantitative estimate of drug-likeness (QED) is 0.129. The molecule has 7 bridgehead atoms. The molecule has 5 aliphatic heterocycles. The molecule has 12 heteroatoms. The van der Waals surface area contributed by atoms with E-state index in [2.05, 4.69) is 17.6 Å². The first-order valence-corrected chi connectivity index (χ1v) is 21.0. The van der Waals surface area contributed by atoms with Crippen LogP contribution in [0.2, 0.25) is 0 Å². The van der Waals surface area contributed by atoms with Crippen molar-refractivity contribution in [2.45, 2.75) is 118 Å². The van der Waals surface area contributed by atoms with E-state index in [9.17, 15) is 29.7 Å². The third kappa shape index (κ3) is 7.03. The van der Waals surface area contributed by atoms with E-state index < -0.39 is 41.1 Å². The maximum atomic E-state index is 14.8. The second-order valence-corrected chi connectivity index (χ2v) is 18.3. The van der Waals surface area contributed by atoms with Crippen LogP contribution in [0, 0.1) is 48.3 Å². The van der Waals surface area contributed by atoms with Crippen LogP contribution in [-0.2, 0) is 14.3 Å². The van der Waals surface area contributed by atoms with Gasteiger partial charge in [0, 0.05) is 54.2 Å². The third-order valence-electron chi connectivity index (χ3n) is 13.7. The Morgan fingerprint density at radius 2 is 1.67 bits per heavy atom. The largest absolute Gasteiger partial charge is 0.507 e. The number of nitrogens with one attached hydrogen (secondary N) is 2. The van der Waals surface area contributed by atoms with Gasteiger partial charge in [-0.05, 0) is 76.7 Å². The summed E-state index contributed by atoms with van der Waals surface area (Å²) in [5.41, 5.74) is -1.37. The number of ether oxygens (including phenoxy) is 2. The maximum Gasteiger partial charge on any atom is 0.302 e. The van der Waals surface area contributed by atoms with Gasteiger partial charge < -0.3 is 35.4 Å². The summed E-state index contributed by atoms with van der Waals surface area (Å²) in [5.74, 6) is -1.69. The fraction of sp³-hybridized carbons (Fsp3) is 0.587. The molecule has 1 amide bonds. The normalized spacial score (nSPS) is 37.3. The van der Waals surface area contributed by atoms with E-state index >= 15 is 0 Å². The highest BCUT2D eigenvalue weighted by atomic mass is 16.5. The highest BCUT2D eigenvalue weighted by Crippen LogP contribution is 2.52. The highest BCUT2D eigenvalue weighted by Gasteiger charge is 2.53. The fourth-order valence-electron chi connectivity index (χ4n) is 10.4. The van der Waals surface area contributed by atoms with Crippen LogP contribution in [0.5, 0.6) is 17.2 Å². The van der Waals surface area contributed by atoms with Gasteiger partial charge in [-0.1, -0.05) is 65.0 Å². The smallest absolute Gasteiger partial charge is 0.302 e. The molecule has 2 aromatic carbocycles. The van der Waals surface area contributed by atoms with Crippen molar-refractivity contribution in [3.05, 3.63) is 57.8 Å². The van der Waals surface area contributed by atoms with Crippen molar-refractivity contribution in [3.8, 4) is 17.2 Å². The number of Topliss-reactive ketones (excluding diaryl/α,β-unsaturated/α-hetero) is 1. The molecule has 3 unspecified atom stereocenters. The SMILES string of the molecule is CC(=O)O[C@H]1[C@H](C)[C@H](O)[C@H](C)C[C@@H](C)/C=C/C=C(/C)C(=O)Nc2c(O)c3c(O)c(C)c4c(c3c3c2=N[C@@]2(N=3)C(C)CC3CNCC2C3)C(=O)[C@@](C)(C/C=C/C[C@H]1C)O4. The molecule has 1 saturated heterocycles. The Morgan fingerprint density at radius 1 is 0.948 bits per heavy atom. The van der Waals surface area contributed by atoms with Crippen LogP contribution < -0.4 is 26.1 Å². The second-order valence-electron chi connectivity index (χ2n) is 18.3. The van der Waals surface area contributed by atoms with Crippen molar-refractivity contribution < 1.29 is 39.2 Å². The van der Waals surface area contributed by atoms with Gasteiger partial charge in [0.15, 0.2) is 17.0 Å². The van der Waals surface area contributed by atoms with E-state index in [0.717, 1.165) is 19.4 Å². The first kappa shape index (κ1) is 41.6. The number of carbonyl (C=O) groups excluding carboxylic acids is 3. The fourth-order valence-corrected chi connectivity index (χ4v) is 10.4. The summed E-state index contributed by atoms with van der Waals surface area (Å²) in [6.07, 6.45) is 11.2. The number of hydrogen-bond acceptors (Lipinski definition) is 11. The van der Waals surface area contributed by atoms with Crippen molar-refractivity contribution in [2.75, 3.05) is 18.4 Å². The van der Waals surface area contributed by atoms with E-state index in [-0.39, 0.29) is 92.2 Å². The first-order chi connectivity index (χ1) is 27.4. The number of esters is 1. The lowest BCUT2D eigenvalue weighted by Gasteiger charge is -2.48. The number of fused-ring (bicyclic) bond motifs is 16. The van der Waals surface area contributed by atoms with Gasteiger partial charge in [0.25, 0.3) is 5.91 Å². The molecule has 8 rings (SSSR count). The number of carbonyl (C=O) groups is 3. The Morgan fingerprint density at radius 3 is 2.40 bits per heavy atom. The standard InChI is InChI=1S/C46H60N4O8/c1-22-13-12-15-24(3)44(56)48-37-36-35(49-46(50-36)26(5)18-30-19-31(46)21-47-20-30)32-33(40(37)54)39(53)28(7)42-34(32)43(55)45(9,58-42)16-11-10-14-23(2)41(57-29(8)51)27(6)38(52)25(4)17-22/h10-13,15,22-23,25-27,30-31,38,41,47,52-54H,14,16-21H2,1-9H3,(H,48,56)/b11-10+,13-12+,24-15-/t22-,23+,25+,26?,27+,30?,31?,38+,41+,45+,46-/m0/s1. The molecular formula is C46H60N4O8. The van der Waals surface area contributed by atoms with Gasteiger partial charge in [-0.15, -0.1) is 0 Å². The average molecular weight is 797 g/mol. The van der Waals surface area contributed by atoms with Crippen LogP contribution in [0.4, 0.5) is 5.69 Å². The first-order valence-electron chi connectivity index (χ1n) is 21.0. The Hall–Kier alpha value is -4.55. The van der Waals surface area contributed by atoms with Crippen LogP contribution in [-0.4, -0.2) is 69.5 Å². The van der Waals surface area contributed by atoms with Gasteiger partial charge in [-0.3, -0.25) is 24.4 Å². The molecule has 312 valence electrons. The van der Waals surface area contributed by atoms with E-state index in [4.69, 9.17) is 19.5 Å². The van der Waals surface area contributed by atoms with Gasteiger partial charge in [0.2, 0.25) is 5.78 Å². The van der Waals surface area contributed by atoms with Gasteiger partial charge in [-0.25, -0.2) is 0 Å². The number of ketones is 1. The van der Waals surface area contributed by atoms with Crippen LogP contribution in [0.15, 0.2) is 45.9 Å². The molecule has 2 fully saturated rings. The van der Waals surface area contributed by atoms with Crippen molar-refractivity contribution in [1.29, 1.82) is 0 Å². The molecule has 1 aliphatic carbocycles. The molecule has 1 spiro atoms. The van der Waals surface area contributed by atoms with E-state index in [1.807, 2.05) is 52.0 Å². The summed E-state index contributed by atoms with van der Waals surface area (Å²) in [6, 6.07) is 0. The summed E-state index contributed by atoms with van der Waals surface area (Å²) in [4.78, 5) is 51.8. The number of aliphatic hydroxyl groups excluding tert-OH is 1. The van der Waals surface area contributed by atoms with Gasteiger partial charge in [-0.2, -0.15) is 0 Å². The number of benzene rings is 2.